The zero-order valence-electron chi connectivity index (χ0n) is 23.1. The Bertz CT molecular complexity index is 1420. The number of anilines is 2. The Balaban J connectivity index is 1.16. The van der Waals surface area contributed by atoms with Crippen LogP contribution < -0.4 is 5.32 Å². The van der Waals surface area contributed by atoms with Crippen molar-refractivity contribution >= 4 is 11.8 Å². The van der Waals surface area contributed by atoms with Crippen molar-refractivity contribution in [1.29, 1.82) is 0 Å². The summed E-state index contributed by atoms with van der Waals surface area (Å²) in [6.45, 7) is 10.7. The molecule has 9 nitrogen and oxygen atoms in total. The predicted octanol–water partition coefficient (Wildman–Crippen LogP) is 3.75. The number of benzene rings is 1. The lowest BCUT2D eigenvalue weighted by Crippen LogP contribution is -2.48. The molecule has 1 aromatic carbocycles. The number of nitrogens with one attached hydrogen (secondary N) is 1. The smallest absolute Gasteiger partial charge is 0.228 e. The molecule has 9 heteroatoms. The van der Waals surface area contributed by atoms with Gasteiger partial charge in [-0.2, -0.15) is 5.10 Å². The van der Waals surface area contributed by atoms with E-state index in [9.17, 15) is 5.11 Å². The summed E-state index contributed by atoms with van der Waals surface area (Å²) in [4.78, 5) is 14.5. The lowest BCUT2D eigenvalue weighted by Gasteiger charge is -2.35. The zero-order valence-corrected chi connectivity index (χ0v) is 23.1. The summed E-state index contributed by atoms with van der Waals surface area (Å²) in [6.07, 6.45) is 6.96. The second-order valence-electron chi connectivity index (χ2n) is 11.0. The van der Waals surface area contributed by atoms with Crippen LogP contribution in [0, 0.1) is 0 Å². The number of aliphatic hydroxyl groups is 1. The van der Waals surface area contributed by atoms with Crippen LogP contribution in [0.3, 0.4) is 0 Å². The number of hydrogen-bond acceptors (Lipinski definition) is 7. The van der Waals surface area contributed by atoms with E-state index in [4.69, 9.17) is 10.1 Å². The largest absolute Gasteiger partial charge is 0.392 e. The van der Waals surface area contributed by atoms with Gasteiger partial charge < -0.3 is 15.0 Å². The van der Waals surface area contributed by atoms with E-state index in [-0.39, 0.29) is 6.10 Å². The highest BCUT2D eigenvalue weighted by Gasteiger charge is 2.29. The van der Waals surface area contributed by atoms with Gasteiger partial charge in [-0.05, 0) is 30.4 Å². The Hall–Kier alpha value is -3.53. The standard InChI is InChI=1S/C30H38N8O/c1-21-17-24-20-35(3)29(23-7-5-4-6-8-23)27(24)28-25(21)18-31-30(33-28)32-26-9-10-38(34-26)16-15-36-11-13-37(14-12-36)19-22(2)39/h4-10,18,20-22,39H,11-17,19H2,1-3H3,(H,31,32,33,34)/t21-,22?/m1/s1. The summed E-state index contributed by atoms with van der Waals surface area (Å²) < 4.78 is 4.21. The minimum atomic E-state index is -0.269. The summed E-state index contributed by atoms with van der Waals surface area (Å²) in [6, 6.07) is 12.5. The first-order valence-corrected chi connectivity index (χ1v) is 14.0. The second-order valence-corrected chi connectivity index (χ2v) is 11.0. The highest BCUT2D eigenvalue weighted by atomic mass is 16.3. The number of aliphatic hydroxyl groups excluding tert-OH is 1. The third-order valence-electron chi connectivity index (χ3n) is 7.93. The SMILES string of the molecule is CC(O)CN1CCN(CCn2ccc(Nc3ncc4c(n3)-c3c(cn(C)c3-c3ccccc3)C[C@H]4C)n2)CC1. The molecule has 0 bridgehead atoms. The lowest BCUT2D eigenvalue weighted by molar-refractivity contribution is 0.0791. The number of β-amino-alcohol motifs (C(OH)–C–C–N with tert-alkyl or cyclic N) is 1. The van der Waals surface area contributed by atoms with Gasteiger partial charge in [0.05, 0.1) is 24.0 Å². The van der Waals surface area contributed by atoms with Gasteiger partial charge in [-0.25, -0.2) is 9.97 Å². The Labute approximate surface area is 230 Å². The first-order valence-electron chi connectivity index (χ1n) is 14.0. The van der Waals surface area contributed by atoms with Crippen molar-refractivity contribution in [2.24, 2.45) is 7.05 Å². The molecule has 0 spiro atoms. The molecule has 0 radical (unpaired) electrons. The molecule has 6 rings (SSSR count). The molecule has 1 fully saturated rings. The van der Waals surface area contributed by atoms with Crippen molar-refractivity contribution < 1.29 is 5.11 Å². The van der Waals surface area contributed by atoms with Crippen LogP contribution in [0.4, 0.5) is 11.8 Å². The van der Waals surface area contributed by atoms with Crippen LogP contribution in [0.15, 0.2) is 55.0 Å². The van der Waals surface area contributed by atoms with Crippen LogP contribution in [0.5, 0.6) is 0 Å². The van der Waals surface area contributed by atoms with Gasteiger partial charge in [-0.1, -0.05) is 37.3 Å². The van der Waals surface area contributed by atoms with Gasteiger partial charge >= 0.3 is 0 Å². The quantitative estimate of drug-likeness (QED) is 0.362. The van der Waals surface area contributed by atoms with Gasteiger partial charge in [0, 0.05) is 82.1 Å². The maximum absolute atomic E-state index is 9.62. The van der Waals surface area contributed by atoms with Crippen LogP contribution in [0.25, 0.3) is 22.5 Å². The minimum absolute atomic E-state index is 0.269. The van der Waals surface area contributed by atoms with Crippen LogP contribution in [0.1, 0.15) is 30.9 Å². The third kappa shape index (κ3) is 5.48. The molecule has 1 unspecified atom stereocenters. The van der Waals surface area contributed by atoms with Crippen LogP contribution in [0.2, 0.25) is 0 Å². The fourth-order valence-corrected chi connectivity index (χ4v) is 5.99. The van der Waals surface area contributed by atoms with Crippen LogP contribution >= 0.6 is 0 Å². The molecule has 0 amide bonds. The number of aromatic nitrogens is 5. The van der Waals surface area contributed by atoms with E-state index in [1.807, 2.05) is 30.1 Å². The molecule has 0 saturated carbocycles. The molecule has 204 valence electrons. The van der Waals surface area contributed by atoms with E-state index in [1.54, 1.807) is 0 Å². The summed E-state index contributed by atoms with van der Waals surface area (Å²) in [5.41, 5.74) is 7.13. The van der Waals surface area contributed by atoms with Gasteiger partial charge in [-0.15, -0.1) is 0 Å². The first-order chi connectivity index (χ1) is 18.9. The highest BCUT2D eigenvalue weighted by molar-refractivity contribution is 5.86. The molecule has 3 aromatic heterocycles. The van der Waals surface area contributed by atoms with Crippen molar-refractivity contribution in [2.45, 2.75) is 38.8 Å². The average molecular weight is 527 g/mol. The Morgan fingerprint density at radius 3 is 2.59 bits per heavy atom. The normalized spacial score (nSPS) is 18.5. The summed E-state index contributed by atoms with van der Waals surface area (Å²) in [7, 11) is 2.12. The van der Waals surface area contributed by atoms with Crippen LogP contribution in [-0.4, -0.2) is 84.6 Å². The molecule has 2 aliphatic rings. The fourth-order valence-electron chi connectivity index (χ4n) is 5.99. The van der Waals surface area contributed by atoms with Gasteiger partial charge in [0.1, 0.15) is 0 Å². The van der Waals surface area contributed by atoms with Crippen molar-refractivity contribution in [3.63, 3.8) is 0 Å². The fraction of sp³-hybridized carbons (Fsp3) is 0.433. The molecule has 1 aliphatic carbocycles. The maximum atomic E-state index is 9.62. The number of hydrogen-bond donors (Lipinski definition) is 2. The molecule has 39 heavy (non-hydrogen) atoms. The highest BCUT2D eigenvalue weighted by Crippen LogP contribution is 2.44. The van der Waals surface area contributed by atoms with Gasteiger partial charge in [0.2, 0.25) is 5.95 Å². The van der Waals surface area contributed by atoms with Gasteiger partial charge in [0.15, 0.2) is 5.82 Å². The van der Waals surface area contributed by atoms with E-state index >= 15 is 0 Å². The zero-order chi connectivity index (χ0) is 26.9. The van der Waals surface area contributed by atoms with Crippen molar-refractivity contribution in [3.05, 3.63) is 66.1 Å². The topological polar surface area (TPSA) is 87.3 Å². The van der Waals surface area contributed by atoms with E-state index in [0.29, 0.717) is 11.9 Å². The molecule has 2 atom stereocenters. The molecule has 2 N–H and O–H groups in total. The molecule has 1 saturated heterocycles. The number of piperazine rings is 1. The van der Waals surface area contributed by atoms with E-state index in [1.165, 1.54) is 27.9 Å². The summed E-state index contributed by atoms with van der Waals surface area (Å²) in [5.74, 6) is 1.67. The van der Waals surface area contributed by atoms with Crippen molar-refractivity contribution in [2.75, 3.05) is 44.6 Å². The monoisotopic (exact) mass is 526 g/mol. The third-order valence-corrected chi connectivity index (χ3v) is 7.93. The van der Waals surface area contributed by atoms with Crippen LogP contribution in [-0.2, 0) is 20.0 Å². The minimum Gasteiger partial charge on any atom is -0.392 e. The molecular weight excluding hydrogens is 488 g/mol. The predicted molar refractivity (Wildman–Crippen MR) is 154 cm³/mol. The van der Waals surface area contributed by atoms with Crippen molar-refractivity contribution in [1.82, 2.24) is 34.1 Å². The lowest BCUT2D eigenvalue weighted by atomic mass is 9.83. The second kappa shape index (κ2) is 10.9. The Morgan fingerprint density at radius 2 is 1.82 bits per heavy atom. The number of rotatable bonds is 8. The summed E-state index contributed by atoms with van der Waals surface area (Å²) in [5, 5.41) is 17.7. The van der Waals surface area contributed by atoms with Gasteiger partial charge in [-0.3, -0.25) is 14.5 Å². The number of nitrogens with zero attached hydrogens (tertiary/aromatic N) is 7. The average Bonchev–Trinajstić information content (AvgIpc) is 3.51. The molecular formula is C30H38N8O. The van der Waals surface area contributed by atoms with Crippen molar-refractivity contribution in [3.8, 4) is 22.5 Å². The van der Waals surface area contributed by atoms with E-state index in [2.05, 4.69) is 75.2 Å². The van der Waals surface area contributed by atoms with E-state index < -0.39 is 0 Å². The first kappa shape index (κ1) is 25.7. The molecule has 4 heterocycles. The molecule has 4 aromatic rings. The Kier molecular flexibility index (Phi) is 7.20. The van der Waals surface area contributed by atoms with Gasteiger partial charge in [0.25, 0.3) is 0 Å². The number of aryl methyl sites for hydroxylation is 1. The number of fused-ring (bicyclic) bond motifs is 3. The Morgan fingerprint density at radius 1 is 1.05 bits per heavy atom. The maximum Gasteiger partial charge on any atom is 0.228 e. The van der Waals surface area contributed by atoms with E-state index in [0.717, 1.165) is 63.7 Å². The summed E-state index contributed by atoms with van der Waals surface area (Å²) >= 11 is 0. The molecule has 1 aliphatic heterocycles.